The molecule has 0 radical (unpaired) electrons. The third-order valence-corrected chi connectivity index (χ3v) is 3.89. The summed E-state index contributed by atoms with van der Waals surface area (Å²) in [6.07, 6.45) is 0. The summed E-state index contributed by atoms with van der Waals surface area (Å²) in [4.78, 5) is 11.8. The number of aryl methyl sites for hydroxylation is 1. The molecule has 5 nitrogen and oxygen atoms in total. The lowest BCUT2D eigenvalue weighted by Crippen LogP contribution is -2.30. The molecular formula is C12H17NO4S. The SMILES string of the molecule is CCS(=O)(=O)NCC(=O)c1ccc(OC)c(C)c1. The standard InChI is InChI=1S/C12H17NO4S/c1-4-18(15,16)13-8-11(14)10-5-6-12(17-3)9(2)7-10/h5-7,13H,4,8H2,1-3H3. The Bertz CT molecular complexity index is 537. The molecular weight excluding hydrogens is 254 g/mol. The Morgan fingerprint density at radius 3 is 2.56 bits per heavy atom. The van der Waals surface area contributed by atoms with Crippen LogP contribution in [0.3, 0.4) is 0 Å². The summed E-state index contributed by atoms with van der Waals surface area (Å²) in [5, 5.41) is 0. The molecule has 0 bridgehead atoms. The quantitative estimate of drug-likeness (QED) is 0.787. The molecule has 0 amide bonds. The van der Waals surface area contributed by atoms with Crippen LogP contribution in [0.15, 0.2) is 18.2 Å². The molecule has 0 fully saturated rings. The first-order valence-electron chi connectivity index (χ1n) is 5.54. The minimum absolute atomic E-state index is 0.0398. The highest BCUT2D eigenvalue weighted by Crippen LogP contribution is 2.18. The normalized spacial score (nSPS) is 11.3. The van der Waals surface area contributed by atoms with Gasteiger partial charge in [-0.2, -0.15) is 0 Å². The van der Waals surface area contributed by atoms with Crippen molar-refractivity contribution in [1.82, 2.24) is 4.72 Å². The van der Waals surface area contributed by atoms with Gasteiger partial charge in [0.1, 0.15) is 5.75 Å². The van der Waals surface area contributed by atoms with Crippen LogP contribution in [0, 0.1) is 6.92 Å². The predicted molar refractivity (Wildman–Crippen MR) is 69.5 cm³/mol. The van der Waals surface area contributed by atoms with Gasteiger partial charge in [-0.15, -0.1) is 0 Å². The van der Waals surface area contributed by atoms with Gasteiger partial charge < -0.3 is 4.74 Å². The second-order valence-electron chi connectivity index (χ2n) is 3.83. The zero-order valence-electron chi connectivity index (χ0n) is 10.7. The number of hydrogen-bond donors (Lipinski definition) is 1. The lowest BCUT2D eigenvalue weighted by Gasteiger charge is -2.07. The summed E-state index contributed by atoms with van der Waals surface area (Å²) >= 11 is 0. The van der Waals surface area contributed by atoms with Crippen LogP contribution in [0.2, 0.25) is 0 Å². The average Bonchev–Trinajstić information content (AvgIpc) is 2.36. The number of Topliss-reactive ketones (excluding diaryl/α,β-unsaturated/α-hetero) is 1. The second-order valence-corrected chi connectivity index (χ2v) is 5.93. The van der Waals surface area contributed by atoms with Gasteiger partial charge in [0.25, 0.3) is 0 Å². The predicted octanol–water partition coefficient (Wildman–Crippen LogP) is 1.13. The lowest BCUT2D eigenvalue weighted by atomic mass is 10.1. The van der Waals surface area contributed by atoms with Gasteiger partial charge in [0.2, 0.25) is 10.0 Å². The highest BCUT2D eigenvalue weighted by Gasteiger charge is 2.12. The van der Waals surface area contributed by atoms with E-state index in [1.165, 1.54) is 6.92 Å². The molecule has 0 atom stereocenters. The van der Waals surface area contributed by atoms with Crippen molar-refractivity contribution in [3.63, 3.8) is 0 Å². The summed E-state index contributed by atoms with van der Waals surface area (Å²) in [7, 11) is -1.79. The maximum absolute atomic E-state index is 11.8. The van der Waals surface area contributed by atoms with Crippen LogP contribution in [0.25, 0.3) is 0 Å². The fraction of sp³-hybridized carbons (Fsp3) is 0.417. The van der Waals surface area contributed by atoms with Crippen LogP contribution in [0.5, 0.6) is 5.75 Å². The van der Waals surface area contributed by atoms with Crippen LogP contribution >= 0.6 is 0 Å². The number of ketones is 1. The monoisotopic (exact) mass is 271 g/mol. The summed E-state index contributed by atoms with van der Waals surface area (Å²) in [6, 6.07) is 4.99. The van der Waals surface area contributed by atoms with Crippen molar-refractivity contribution < 1.29 is 17.9 Å². The van der Waals surface area contributed by atoms with E-state index in [9.17, 15) is 13.2 Å². The third-order valence-electron chi connectivity index (χ3n) is 2.55. The maximum Gasteiger partial charge on any atom is 0.211 e. The van der Waals surface area contributed by atoms with Crippen LogP contribution < -0.4 is 9.46 Å². The first kappa shape index (κ1) is 14.7. The average molecular weight is 271 g/mol. The third kappa shape index (κ3) is 3.82. The smallest absolute Gasteiger partial charge is 0.211 e. The Labute approximate surface area is 107 Å². The first-order valence-corrected chi connectivity index (χ1v) is 7.20. The van der Waals surface area contributed by atoms with E-state index in [4.69, 9.17) is 4.74 Å². The molecule has 1 aromatic rings. The van der Waals surface area contributed by atoms with Gasteiger partial charge in [0.15, 0.2) is 5.78 Å². The van der Waals surface area contributed by atoms with Gasteiger partial charge in [-0.1, -0.05) is 0 Å². The number of sulfonamides is 1. The zero-order valence-corrected chi connectivity index (χ0v) is 11.5. The highest BCUT2D eigenvalue weighted by molar-refractivity contribution is 7.89. The molecule has 1 rings (SSSR count). The fourth-order valence-electron chi connectivity index (χ4n) is 1.43. The molecule has 0 aromatic heterocycles. The minimum Gasteiger partial charge on any atom is -0.496 e. The molecule has 0 spiro atoms. The van der Waals surface area contributed by atoms with E-state index in [-0.39, 0.29) is 18.1 Å². The Morgan fingerprint density at radius 1 is 1.39 bits per heavy atom. The van der Waals surface area contributed by atoms with E-state index >= 15 is 0 Å². The minimum atomic E-state index is -3.34. The maximum atomic E-state index is 11.8. The van der Waals surface area contributed by atoms with Crippen molar-refractivity contribution in [3.8, 4) is 5.75 Å². The van der Waals surface area contributed by atoms with Crippen molar-refractivity contribution in [1.29, 1.82) is 0 Å². The molecule has 6 heteroatoms. The number of benzene rings is 1. The van der Waals surface area contributed by atoms with E-state index in [0.29, 0.717) is 11.3 Å². The molecule has 0 heterocycles. The van der Waals surface area contributed by atoms with Gasteiger partial charge in [-0.25, -0.2) is 13.1 Å². The topological polar surface area (TPSA) is 72.5 Å². The van der Waals surface area contributed by atoms with Crippen molar-refractivity contribution in [2.75, 3.05) is 19.4 Å². The van der Waals surface area contributed by atoms with Crippen molar-refractivity contribution >= 4 is 15.8 Å². The van der Waals surface area contributed by atoms with Crippen molar-refractivity contribution in [2.45, 2.75) is 13.8 Å². The van der Waals surface area contributed by atoms with Gasteiger partial charge in [-0.05, 0) is 37.6 Å². The summed E-state index contributed by atoms with van der Waals surface area (Å²) in [5.41, 5.74) is 1.30. The van der Waals surface area contributed by atoms with E-state index in [1.807, 2.05) is 6.92 Å². The molecule has 18 heavy (non-hydrogen) atoms. The Morgan fingerprint density at radius 2 is 2.06 bits per heavy atom. The number of hydrogen-bond acceptors (Lipinski definition) is 4. The molecule has 0 unspecified atom stereocenters. The van der Waals surface area contributed by atoms with Gasteiger partial charge in [0, 0.05) is 5.56 Å². The Balaban J connectivity index is 2.77. The van der Waals surface area contributed by atoms with Crippen molar-refractivity contribution in [2.24, 2.45) is 0 Å². The van der Waals surface area contributed by atoms with E-state index in [0.717, 1.165) is 5.56 Å². The Kier molecular flexibility index (Phi) is 4.86. The number of carbonyl (C=O) groups is 1. The van der Waals surface area contributed by atoms with E-state index in [1.54, 1.807) is 25.3 Å². The summed E-state index contributed by atoms with van der Waals surface area (Å²) < 4.78 is 29.8. The lowest BCUT2D eigenvalue weighted by molar-refractivity contribution is 0.0997. The fourth-order valence-corrected chi connectivity index (χ4v) is 1.99. The molecule has 1 N–H and O–H groups in total. The first-order chi connectivity index (χ1) is 8.39. The van der Waals surface area contributed by atoms with Gasteiger partial charge >= 0.3 is 0 Å². The number of carbonyl (C=O) groups excluding carboxylic acids is 1. The number of methoxy groups -OCH3 is 1. The van der Waals surface area contributed by atoms with Crippen LogP contribution in [-0.2, 0) is 10.0 Å². The van der Waals surface area contributed by atoms with Gasteiger partial charge in [-0.3, -0.25) is 4.79 Å². The van der Waals surface area contributed by atoms with Crippen molar-refractivity contribution in [3.05, 3.63) is 29.3 Å². The molecule has 1 aromatic carbocycles. The number of nitrogens with one attached hydrogen (secondary N) is 1. The van der Waals surface area contributed by atoms with Crippen LogP contribution in [0.4, 0.5) is 0 Å². The molecule has 0 aliphatic heterocycles. The molecule has 0 saturated heterocycles. The van der Waals surface area contributed by atoms with Gasteiger partial charge in [0.05, 0.1) is 19.4 Å². The largest absolute Gasteiger partial charge is 0.496 e. The second kappa shape index (κ2) is 5.97. The molecule has 100 valence electrons. The zero-order chi connectivity index (χ0) is 13.8. The molecule has 0 saturated carbocycles. The number of ether oxygens (including phenoxy) is 1. The van der Waals surface area contributed by atoms with Crippen LogP contribution in [-0.4, -0.2) is 33.6 Å². The highest BCUT2D eigenvalue weighted by atomic mass is 32.2. The molecule has 0 aliphatic carbocycles. The van der Waals surface area contributed by atoms with Crippen LogP contribution in [0.1, 0.15) is 22.8 Å². The van der Waals surface area contributed by atoms with E-state index < -0.39 is 10.0 Å². The molecule has 0 aliphatic rings. The summed E-state index contributed by atoms with van der Waals surface area (Å²) in [6.45, 7) is 3.12. The van der Waals surface area contributed by atoms with E-state index in [2.05, 4.69) is 4.72 Å². The summed E-state index contributed by atoms with van der Waals surface area (Å²) in [5.74, 6) is 0.389. The number of rotatable bonds is 6. The Hall–Kier alpha value is -1.40.